The number of fused-ring (bicyclic) bond motifs is 2. The van der Waals surface area contributed by atoms with E-state index in [2.05, 4.69) is 57.7 Å². The number of phenolic OH excluding ortho intramolecular Hbond substituents is 1. The summed E-state index contributed by atoms with van der Waals surface area (Å²) in [6.07, 6.45) is 5.27. The summed E-state index contributed by atoms with van der Waals surface area (Å²) >= 11 is 12.1. The third-order valence-electron chi connectivity index (χ3n) is 10.3. The minimum Gasteiger partial charge on any atom is -0.508 e. The van der Waals surface area contributed by atoms with Gasteiger partial charge in [0.2, 0.25) is 0 Å². The third kappa shape index (κ3) is 10.6. The van der Waals surface area contributed by atoms with Crippen LogP contribution >= 0.6 is 23.2 Å². The van der Waals surface area contributed by atoms with E-state index in [4.69, 9.17) is 43.1 Å². The average Bonchev–Trinajstić information content (AvgIpc) is 3.86. The molecule has 8 aromatic rings. The molecule has 0 aliphatic heterocycles. The summed E-state index contributed by atoms with van der Waals surface area (Å²) in [7, 11) is 2.73. The lowest BCUT2D eigenvalue weighted by molar-refractivity contribution is -0.119. The molecule has 3 N–H and O–H groups in total. The van der Waals surface area contributed by atoms with Crippen molar-refractivity contribution in [1.29, 1.82) is 0 Å². The van der Waals surface area contributed by atoms with Crippen molar-refractivity contribution < 1.29 is 33.7 Å². The summed E-state index contributed by atoms with van der Waals surface area (Å²) in [5, 5.41) is 12.9. The molecule has 314 valence electrons. The van der Waals surface area contributed by atoms with Crippen LogP contribution in [0.2, 0.25) is 10.0 Å². The Morgan fingerprint density at radius 2 is 1.08 bits per heavy atom. The Morgan fingerprint density at radius 3 is 1.56 bits per heavy atom. The fraction of sp³-hybridized carbons (Fsp3) is 0.140. The number of rotatable bonds is 13. The van der Waals surface area contributed by atoms with Crippen molar-refractivity contribution in [3.8, 4) is 11.5 Å². The lowest BCUT2D eigenvalue weighted by Gasteiger charge is -2.10. The van der Waals surface area contributed by atoms with Crippen molar-refractivity contribution in [2.45, 2.75) is 25.9 Å². The molecule has 62 heavy (non-hydrogen) atoms. The molecule has 0 radical (unpaired) electrons. The van der Waals surface area contributed by atoms with E-state index in [-0.39, 0.29) is 18.3 Å². The van der Waals surface area contributed by atoms with Crippen LogP contribution in [0, 0.1) is 0 Å². The van der Waals surface area contributed by atoms with Crippen LogP contribution in [0.15, 0.2) is 146 Å². The van der Waals surface area contributed by atoms with Gasteiger partial charge in [0, 0.05) is 46.6 Å². The van der Waals surface area contributed by atoms with E-state index in [0.29, 0.717) is 52.9 Å². The third-order valence-corrected chi connectivity index (χ3v) is 10.8. The molecule has 0 aliphatic rings. The number of benzene rings is 6. The monoisotopic (exact) mass is 867 g/mol. The highest BCUT2D eigenvalue weighted by atomic mass is 35.5. The molecule has 6 aromatic carbocycles. The number of aromatic hydroxyl groups is 1. The number of carbonyl (C=O) groups is 3. The Labute approximate surface area is 368 Å². The molecule has 1 amide bonds. The van der Waals surface area contributed by atoms with Gasteiger partial charge in [0.15, 0.2) is 6.61 Å². The molecular weight excluding hydrogens is 825 g/mol. The Hall–Kier alpha value is -7.01. The Balaban J connectivity index is 0.000000188. The van der Waals surface area contributed by atoms with Crippen LogP contribution in [0.4, 0.5) is 0 Å². The smallest absolute Gasteiger partial charge is 0.338 e. The molecule has 0 aliphatic carbocycles. The second kappa shape index (κ2) is 19.6. The quantitative estimate of drug-likeness (QED) is 0.110. The van der Waals surface area contributed by atoms with E-state index in [0.717, 1.165) is 55.2 Å². The minimum atomic E-state index is -0.509. The zero-order chi connectivity index (χ0) is 43.8. The number of hydrogen-bond donors (Lipinski definition) is 2. The summed E-state index contributed by atoms with van der Waals surface area (Å²) < 4.78 is 19.5. The van der Waals surface area contributed by atoms with Crippen molar-refractivity contribution in [2.75, 3.05) is 20.8 Å². The summed E-state index contributed by atoms with van der Waals surface area (Å²) in [5.74, 6) is -0.424. The van der Waals surface area contributed by atoms with Crippen LogP contribution in [0.1, 0.15) is 54.1 Å². The molecule has 10 nitrogen and oxygen atoms in total. The highest BCUT2D eigenvalue weighted by molar-refractivity contribution is 6.31. The van der Waals surface area contributed by atoms with Gasteiger partial charge in [-0.2, -0.15) is 0 Å². The van der Waals surface area contributed by atoms with Crippen molar-refractivity contribution >= 4 is 62.9 Å². The van der Waals surface area contributed by atoms with Crippen LogP contribution in [0.25, 0.3) is 21.8 Å². The van der Waals surface area contributed by atoms with Crippen LogP contribution in [0.3, 0.4) is 0 Å². The first-order valence-electron chi connectivity index (χ1n) is 19.6. The van der Waals surface area contributed by atoms with Gasteiger partial charge in [-0.05, 0) is 142 Å². The topological polar surface area (TPSA) is 135 Å². The number of primary amides is 1. The molecule has 0 unspecified atom stereocenters. The summed E-state index contributed by atoms with van der Waals surface area (Å²) in [6, 6.07) is 42.1. The van der Waals surface area contributed by atoms with Gasteiger partial charge in [0.05, 0.1) is 25.3 Å². The molecular formula is C50H43Cl2N3O7. The normalized spacial score (nSPS) is 10.9. The SMILES string of the molecule is COC(=O)c1cc(Cl)ccc1Cc1ccc2c(ccn2Cc2cccc(O)c2)c1.COC(=O)c1cc(Cl)ccc1Cc1ccc2c(ccn2Cc2cccc(OCC(N)=O)c2)c1. The van der Waals surface area contributed by atoms with Gasteiger partial charge in [-0.25, -0.2) is 9.59 Å². The fourth-order valence-electron chi connectivity index (χ4n) is 7.38. The molecule has 0 spiro atoms. The number of aromatic nitrogens is 2. The number of esters is 2. The molecule has 2 heterocycles. The van der Waals surface area contributed by atoms with Gasteiger partial charge in [0.1, 0.15) is 11.5 Å². The number of nitrogens with zero attached hydrogens (tertiary/aromatic N) is 2. The van der Waals surface area contributed by atoms with E-state index >= 15 is 0 Å². The standard InChI is InChI=1S/C26H23ClN2O4.C24H20ClNO3/c1-32-26(31)23-14-21(27)7-6-19(23)11-17-5-8-24-20(12-17)9-10-29(24)15-18-3-2-4-22(13-18)33-16-25(28)30;1-29-24(28)22-14-20(25)7-6-18(22)11-16-5-8-23-19(12-16)9-10-26(23)15-17-3-2-4-21(27)13-17/h2-10,12-14H,11,15-16H2,1H3,(H2,28,30);2-10,12-14,27H,11,15H2,1H3. The zero-order valence-electron chi connectivity index (χ0n) is 34.0. The molecule has 0 fully saturated rings. The molecule has 0 bridgehead atoms. The molecule has 2 aromatic heterocycles. The van der Waals surface area contributed by atoms with Crippen molar-refractivity contribution in [3.05, 3.63) is 200 Å². The van der Waals surface area contributed by atoms with E-state index in [1.165, 1.54) is 14.2 Å². The fourth-order valence-corrected chi connectivity index (χ4v) is 7.72. The first kappa shape index (κ1) is 43.1. The molecule has 0 atom stereocenters. The maximum Gasteiger partial charge on any atom is 0.338 e. The number of hydrogen-bond acceptors (Lipinski definition) is 7. The maximum absolute atomic E-state index is 12.1. The predicted molar refractivity (Wildman–Crippen MR) is 243 cm³/mol. The summed E-state index contributed by atoms with van der Waals surface area (Å²) in [6.45, 7) is 1.19. The number of halogens is 2. The van der Waals surface area contributed by atoms with Gasteiger partial charge in [-0.3, -0.25) is 4.79 Å². The van der Waals surface area contributed by atoms with Crippen LogP contribution in [0.5, 0.6) is 11.5 Å². The molecule has 0 saturated carbocycles. The lowest BCUT2D eigenvalue weighted by Crippen LogP contribution is -2.20. The van der Waals surface area contributed by atoms with Gasteiger partial charge in [-0.1, -0.05) is 71.7 Å². The van der Waals surface area contributed by atoms with Gasteiger partial charge >= 0.3 is 11.9 Å². The number of ether oxygens (including phenoxy) is 3. The van der Waals surface area contributed by atoms with Crippen molar-refractivity contribution in [1.82, 2.24) is 9.13 Å². The number of carbonyl (C=O) groups excluding carboxylic acids is 3. The van der Waals surface area contributed by atoms with Gasteiger partial charge in [0.25, 0.3) is 5.91 Å². The number of phenols is 1. The number of methoxy groups -OCH3 is 2. The van der Waals surface area contributed by atoms with E-state index < -0.39 is 11.9 Å². The Kier molecular flexibility index (Phi) is 13.6. The second-order valence-corrected chi connectivity index (χ2v) is 15.6. The van der Waals surface area contributed by atoms with Crippen LogP contribution in [-0.4, -0.2) is 52.9 Å². The summed E-state index contributed by atoms with van der Waals surface area (Å²) in [4.78, 5) is 35.2. The van der Waals surface area contributed by atoms with Crippen LogP contribution < -0.4 is 10.5 Å². The number of nitrogens with two attached hydrogens (primary N) is 1. The van der Waals surface area contributed by atoms with E-state index in [9.17, 15) is 19.5 Å². The minimum absolute atomic E-state index is 0.149. The first-order valence-corrected chi connectivity index (χ1v) is 20.4. The Bertz CT molecular complexity index is 2920. The lowest BCUT2D eigenvalue weighted by atomic mass is 9.99. The number of amides is 1. The van der Waals surface area contributed by atoms with Crippen molar-refractivity contribution in [3.63, 3.8) is 0 Å². The molecule has 12 heteroatoms. The Morgan fingerprint density at radius 1 is 0.581 bits per heavy atom. The highest BCUT2D eigenvalue weighted by Gasteiger charge is 2.15. The predicted octanol–water partition coefficient (Wildman–Crippen LogP) is 10.0. The van der Waals surface area contributed by atoms with E-state index in [1.807, 2.05) is 54.9 Å². The molecule has 8 rings (SSSR count). The second-order valence-electron chi connectivity index (χ2n) is 14.7. The summed E-state index contributed by atoms with van der Waals surface area (Å²) in [5.41, 5.74) is 14.3. The molecule has 0 saturated heterocycles. The van der Waals surface area contributed by atoms with E-state index in [1.54, 1.807) is 42.5 Å². The average molecular weight is 869 g/mol. The van der Waals surface area contributed by atoms with Crippen LogP contribution in [-0.2, 0) is 40.2 Å². The zero-order valence-corrected chi connectivity index (χ0v) is 35.5. The van der Waals surface area contributed by atoms with Crippen molar-refractivity contribution in [2.24, 2.45) is 5.73 Å². The van der Waals surface area contributed by atoms with Gasteiger partial charge < -0.3 is 34.2 Å². The van der Waals surface area contributed by atoms with Gasteiger partial charge in [-0.15, -0.1) is 0 Å². The maximum atomic E-state index is 12.1. The highest BCUT2D eigenvalue weighted by Crippen LogP contribution is 2.27. The largest absolute Gasteiger partial charge is 0.508 e. The first-order chi connectivity index (χ1) is 30.0.